The minimum atomic E-state index is -0.503. The number of aromatic nitrogens is 2. The Morgan fingerprint density at radius 1 is 0.969 bits per heavy atom. The van der Waals surface area contributed by atoms with Crippen molar-refractivity contribution in [1.29, 1.82) is 0 Å². The van der Waals surface area contributed by atoms with Crippen LogP contribution < -0.4 is 4.90 Å². The minimum absolute atomic E-state index is 0.00913. The molecule has 0 unspecified atom stereocenters. The van der Waals surface area contributed by atoms with Crippen molar-refractivity contribution < 1.29 is 23.9 Å². The monoisotopic (exact) mass is 442 g/mol. The second-order valence-electron chi connectivity index (χ2n) is 7.84. The number of anilines is 1. The van der Waals surface area contributed by atoms with Crippen molar-refractivity contribution in [3.8, 4) is 0 Å². The smallest absolute Gasteiger partial charge is 0.360 e. The van der Waals surface area contributed by atoms with Gasteiger partial charge in [0.15, 0.2) is 11.5 Å². The van der Waals surface area contributed by atoms with Crippen LogP contribution in [0.1, 0.15) is 47.8 Å². The molecule has 1 aliphatic heterocycles. The first-order valence-electron chi connectivity index (χ1n) is 10.9. The van der Waals surface area contributed by atoms with Gasteiger partial charge in [0.25, 0.3) is 0 Å². The van der Waals surface area contributed by atoms with Crippen molar-refractivity contribution in [2.45, 2.75) is 40.0 Å². The number of hydrogen-bond donors (Lipinski definition) is 0. The van der Waals surface area contributed by atoms with Crippen LogP contribution in [0.25, 0.3) is 11.0 Å². The van der Waals surface area contributed by atoms with Gasteiger partial charge in [0.2, 0.25) is 5.91 Å². The van der Waals surface area contributed by atoms with Crippen molar-refractivity contribution in [2.24, 2.45) is 0 Å². The number of ether oxygens (including phenoxy) is 2. The van der Waals surface area contributed by atoms with E-state index in [9.17, 15) is 14.4 Å². The third kappa shape index (κ3) is 5.33. The fourth-order valence-electron chi connectivity index (χ4n) is 3.67. The first kappa shape index (κ1) is 23.4. The summed E-state index contributed by atoms with van der Waals surface area (Å²) in [5.41, 5.74) is 3.75. The van der Waals surface area contributed by atoms with E-state index in [2.05, 4.69) is 9.72 Å². The number of hydrogen-bond acceptors (Lipinski definition) is 8. The molecular formula is C23H30N4O5. The molecule has 0 spiro atoms. The third-order valence-corrected chi connectivity index (χ3v) is 5.66. The first-order chi connectivity index (χ1) is 15.3. The summed E-state index contributed by atoms with van der Waals surface area (Å²) in [6.45, 7) is 8.08. The number of rotatable bonds is 7. The van der Waals surface area contributed by atoms with E-state index in [0.717, 1.165) is 16.6 Å². The van der Waals surface area contributed by atoms with Crippen molar-refractivity contribution >= 4 is 34.7 Å². The molecule has 0 saturated carbocycles. The van der Waals surface area contributed by atoms with Gasteiger partial charge in [-0.25, -0.2) is 14.8 Å². The summed E-state index contributed by atoms with van der Waals surface area (Å²) >= 11 is 0. The Hall–Kier alpha value is -3.23. The molecular weight excluding hydrogens is 412 g/mol. The number of esters is 2. The zero-order valence-electron chi connectivity index (χ0n) is 19.1. The van der Waals surface area contributed by atoms with Gasteiger partial charge >= 0.3 is 11.9 Å². The highest BCUT2D eigenvalue weighted by Gasteiger charge is 2.27. The van der Waals surface area contributed by atoms with E-state index >= 15 is 0 Å². The number of methoxy groups -OCH3 is 1. The van der Waals surface area contributed by atoms with Crippen LogP contribution in [0.3, 0.4) is 0 Å². The molecule has 172 valence electrons. The van der Waals surface area contributed by atoms with Gasteiger partial charge in [-0.3, -0.25) is 9.59 Å². The van der Waals surface area contributed by atoms with Crippen molar-refractivity contribution in [3.05, 3.63) is 29.0 Å². The zero-order valence-corrected chi connectivity index (χ0v) is 19.1. The van der Waals surface area contributed by atoms with Gasteiger partial charge in [0.1, 0.15) is 0 Å². The maximum absolute atomic E-state index is 12.6. The Labute approximate surface area is 187 Å². The molecule has 2 aromatic rings. The first-order valence-corrected chi connectivity index (χ1v) is 10.9. The van der Waals surface area contributed by atoms with Gasteiger partial charge in [0.05, 0.1) is 24.8 Å². The van der Waals surface area contributed by atoms with Gasteiger partial charge in [-0.2, -0.15) is 0 Å². The highest BCUT2D eigenvalue weighted by Crippen LogP contribution is 2.25. The van der Waals surface area contributed by atoms with Gasteiger partial charge in [0, 0.05) is 39.0 Å². The molecule has 0 atom stereocenters. The standard InChI is InChI=1S/C23H30N4O5/c1-5-32-23(30)21-22(25-18-14-16(3)15(2)13-17(18)24-21)27-11-9-26(10-12-27)19(28)7-6-8-20(29)31-4/h13-14H,5-12H2,1-4H3. The van der Waals surface area contributed by atoms with Crippen molar-refractivity contribution in [2.75, 3.05) is 44.8 Å². The summed E-state index contributed by atoms with van der Waals surface area (Å²) in [4.78, 5) is 49.4. The Morgan fingerprint density at radius 2 is 1.59 bits per heavy atom. The van der Waals surface area contributed by atoms with Crippen molar-refractivity contribution in [1.82, 2.24) is 14.9 Å². The number of fused-ring (bicyclic) bond motifs is 1. The lowest BCUT2D eigenvalue weighted by Gasteiger charge is -2.36. The van der Waals surface area contributed by atoms with Crippen LogP contribution in [0.15, 0.2) is 12.1 Å². The van der Waals surface area contributed by atoms with Crippen LogP contribution >= 0.6 is 0 Å². The van der Waals surface area contributed by atoms with Crippen LogP contribution in [0.2, 0.25) is 0 Å². The van der Waals surface area contributed by atoms with E-state index < -0.39 is 5.97 Å². The Bertz CT molecular complexity index is 1020. The molecule has 1 fully saturated rings. The van der Waals surface area contributed by atoms with Gasteiger partial charge < -0.3 is 19.3 Å². The maximum atomic E-state index is 12.6. The molecule has 9 heteroatoms. The fourth-order valence-corrected chi connectivity index (χ4v) is 3.67. The third-order valence-electron chi connectivity index (χ3n) is 5.66. The van der Waals surface area contributed by atoms with E-state index in [1.807, 2.05) is 30.9 Å². The topological polar surface area (TPSA) is 102 Å². The molecule has 0 aliphatic carbocycles. The summed E-state index contributed by atoms with van der Waals surface area (Å²) in [5, 5.41) is 0. The zero-order chi connectivity index (χ0) is 23.3. The van der Waals surface area contributed by atoms with Crippen LogP contribution in [0.4, 0.5) is 5.82 Å². The molecule has 32 heavy (non-hydrogen) atoms. The number of carbonyl (C=O) groups excluding carboxylic acids is 3. The quantitative estimate of drug-likeness (QED) is 0.603. The molecule has 1 aliphatic rings. The lowest BCUT2D eigenvalue weighted by Crippen LogP contribution is -2.49. The SMILES string of the molecule is CCOC(=O)c1nc2cc(C)c(C)cc2nc1N1CCN(C(=O)CCCC(=O)OC)CC1. The molecule has 0 N–H and O–H groups in total. The molecule has 1 amide bonds. The summed E-state index contributed by atoms with van der Waals surface area (Å²) < 4.78 is 9.84. The largest absolute Gasteiger partial charge is 0.469 e. The fraction of sp³-hybridized carbons (Fsp3) is 0.522. The van der Waals surface area contributed by atoms with E-state index in [-0.39, 0.29) is 30.6 Å². The number of aryl methyl sites for hydroxylation is 2. The summed E-state index contributed by atoms with van der Waals surface area (Å²) in [5.74, 6) is -0.322. The maximum Gasteiger partial charge on any atom is 0.360 e. The predicted molar refractivity (Wildman–Crippen MR) is 120 cm³/mol. The second-order valence-corrected chi connectivity index (χ2v) is 7.84. The van der Waals surface area contributed by atoms with E-state index in [1.54, 1.807) is 11.8 Å². The molecule has 0 bridgehead atoms. The van der Waals surface area contributed by atoms with E-state index in [4.69, 9.17) is 9.72 Å². The van der Waals surface area contributed by atoms with Gasteiger partial charge in [-0.15, -0.1) is 0 Å². The Balaban J connectivity index is 1.76. The van der Waals surface area contributed by atoms with E-state index in [0.29, 0.717) is 50.4 Å². The molecule has 3 rings (SSSR count). The Morgan fingerprint density at radius 3 is 2.19 bits per heavy atom. The van der Waals surface area contributed by atoms with Crippen molar-refractivity contribution in [3.63, 3.8) is 0 Å². The molecule has 1 aromatic carbocycles. The molecule has 0 radical (unpaired) electrons. The van der Waals surface area contributed by atoms with Crippen LogP contribution in [0.5, 0.6) is 0 Å². The average Bonchev–Trinajstić information content (AvgIpc) is 2.79. The summed E-state index contributed by atoms with van der Waals surface area (Å²) in [6.07, 6.45) is 1.00. The van der Waals surface area contributed by atoms with E-state index in [1.165, 1.54) is 7.11 Å². The summed E-state index contributed by atoms with van der Waals surface area (Å²) in [6, 6.07) is 3.90. The van der Waals surface area contributed by atoms with Gasteiger partial charge in [-0.05, 0) is 50.5 Å². The molecule has 9 nitrogen and oxygen atoms in total. The lowest BCUT2D eigenvalue weighted by molar-refractivity contribution is -0.140. The van der Waals surface area contributed by atoms with Gasteiger partial charge in [-0.1, -0.05) is 0 Å². The minimum Gasteiger partial charge on any atom is -0.469 e. The highest BCUT2D eigenvalue weighted by atomic mass is 16.5. The number of piperazine rings is 1. The van der Waals surface area contributed by atoms with Crippen LogP contribution in [0, 0.1) is 13.8 Å². The predicted octanol–water partition coefficient (Wildman–Crippen LogP) is 2.42. The number of benzene rings is 1. The Kier molecular flexibility index (Phi) is 7.61. The molecule has 1 aromatic heterocycles. The number of carbonyl (C=O) groups is 3. The average molecular weight is 443 g/mol. The van der Waals surface area contributed by atoms with Crippen LogP contribution in [-0.4, -0.2) is 72.6 Å². The number of nitrogens with zero attached hydrogens (tertiary/aromatic N) is 4. The summed E-state index contributed by atoms with van der Waals surface area (Å²) in [7, 11) is 1.34. The molecule has 1 saturated heterocycles. The highest BCUT2D eigenvalue weighted by molar-refractivity contribution is 5.95. The van der Waals surface area contributed by atoms with Crippen LogP contribution in [-0.2, 0) is 19.1 Å². The lowest BCUT2D eigenvalue weighted by atomic mass is 10.1. The molecule has 2 heterocycles. The number of amides is 1. The normalized spacial score (nSPS) is 13.9. The second kappa shape index (κ2) is 10.4.